The van der Waals surface area contributed by atoms with E-state index in [0.717, 1.165) is 9.35 Å². The quantitative estimate of drug-likeness (QED) is 0.880. The van der Waals surface area contributed by atoms with Crippen molar-refractivity contribution in [3.05, 3.63) is 50.6 Å². The number of nitrogens with zero attached hydrogens (tertiary/aromatic N) is 1. The van der Waals surface area contributed by atoms with Crippen LogP contribution in [0.1, 0.15) is 15.2 Å². The van der Waals surface area contributed by atoms with Gasteiger partial charge in [0.15, 0.2) is 0 Å². The molecule has 0 bridgehead atoms. The fourth-order valence-corrected chi connectivity index (χ4v) is 3.09. The van der Waals surface area contributed by atoms with Crippen LogP contribution in [-0.2, 0) is 6.54 Å². The molecule has 1 aromatic heterocycles. The van der Waals surface area contributed by atoms with Gasteiger partial charge in [-0.1, -0.05) is 0 Å². The molecule has 2 aromatic rings. The Balaban J connectivity index is 2.07. The first-order valence-electron chi connectivity index (χ1n) is 5.40. The molecule has 0 radical (unpaired) electrons. The molecular weight excluding hydrogens is 312 g/mol. The molecule has 0 aliphatic heterocycles. The lowest BCUT2D eigenvalue weighted by Gasteiger charge is -2.16. The van der Waals surface area contributed by atoms with Gasteiger partial charge in [0.25, 0.3) is 5.91 Å². The van der Waals surface area contributed by atoms with E-state index in [4.69, 9.17) is 5.73 Å². The van der Waals surface area contributed by atoms with Crippen molar-refractivity contribution in [2.75, 3.05) is 12.8 Å². The first-order valence-corrected chi connectivity index (χ1v) is 7.07. The Kier molecular flexibility index (Phi) is 4.04. The Morgan fingerprint density at radius 3 is 2.61 bits per heavy atom. The predicted molar refractivity (Wildman–Crippen MR) is 78.7 cm³/mol. The number of hydrogen-bond acceptors (Lipinski definition) is 3. The maximum atomic E-state index is 12.1. The Morgan fingerprint density at radius 1 is 1.39 bits per heavy atom. The molecule has 2 rings (SSSR count). The molecule has 0 atom stereocenters. The van der Waals surface area contributed by atoms with E-state index in [1.165, 1.54) is 0 Å². The second kappa shape index (κ2) is 5.54. The first kappa shape index (κ1) is 13.1. The highest BCUT2D eigenvalue weighted by molar-refractivity contribution is 9.10. The second-order valence-electron chi connectivity index (χ2n) is 4.01. The number of carbonyl (C=O) groups excluding carboxylic acids is 1. The van der Waals surface area contributed by atoms with Crippen LogP contribution in [0.3, 0.4) is 0 Å². The Labute approximate surface area is 118 Å². The molecule has 94 valence electrons. The average Bonchev–Trinajstić information content (AvgIpc) is 2.75. The van der Waals surface area contributed by atoms with E-state index < -0.39 is 0 Å². The average molecular weight is 325 g/mol. The van der Waals surface area contributed by atoms with Crippen LogP contribution in [0.4, 0.5) is 5.69 Å². The van der Waals surface area contributed by atoms with Crippen LogP contribution in [0.15, 0.2) is 40.2 Å². The molecule has 1 heterocycles. The smallest absolute Gasteiger partial charge is 0.253 e. The number of nitrogens with two attached hydrogens (primary N) is 1. The summed E-state index contributed by atoms with van der Waals surface area (Å²) in [5.74, 6) is -0.000442. The van der Waals surface area contributed by atoms with E-state index in [0.29, 0.717) is 17.8 Å². The third-order valence-electron chi connectivity index (χ3n) is 2.52. The predicted octanol–water partition coefficient (Wildman–Crippen LogP) is 3.37. The molecule has 3 nitrogen and oxygen atoms in total. The van der Waals surface area contributed by atoms with Crippen molar-refractivity contribution >= 4 is 38.9 Å². The molecule has 0 unspecified atom stereocenters. The highest BCUT2D eigenvalue weighted by Gasteiger charge is 2.12. The zero-order chi connectivity index (χ0) is 13.1. The van der Waals surface area contributed by atoms with Crippen molar-refractivity contribution in [2.24, 2.45) is 0 Å². The third kappa shape index (κ3) is 3.11. The van der Waals surface area contributed by atoms with Crippen LogP contribution < -0.4 is 5.73 Å². The van der Waals surface area contributed by atoms with Crippen molar-refractivity contribution in [3.8, 4) is 0 Å². The monoisotopic (exact) mass is 324 g/mol. The highest BCUT2D eigenvalue weighted by atomic mass is 79.9. The topological polar surface area (TPSA) is 46.3 Å². The molecule has 0 spiro atoms. The van der Waals surface area contributed by atoms with E-state index in [-0.39, 0.29) is 5.91 Å². The molecule has 0 fully saturated rings. The summed E-state index contributed by atoms with van der Waals surface area (Å²) >= 11 is 5.04. The van der Waals surface area contributed by atoms with Gasteiger partial charge in [0.05, 0.1) is 6.54 Å². The van der Waals surface area contributed by atoms with Gasteiger partial charge in [0.1, 0.15) is 0 Å². The second-order valence-corrected chi connectivity index (χ2v) is 5.93. The number of amides is 1. The van der Waals surface area contributed by atoms with Crippen LogP contribution in [-0.4, -0.2) is 17.9 Å². The van der Waals surface area contributed by atoms with E-state index in [2.05, 4.69) is 15.9 Å². The molecule has 0 saturated carbocycles. The van der Waals surface area contributed by atoms with Crippen molar-refractivity contribution in [1.82, 2.24) is 4.90 Å². The van der Waals surface area contributed by atoms with Crippen LogP contribution in [0.2, 0.25) is 0 Å². The summed E-state index contributed by atoms with van der Waals surface area (Å²) in [6.07, 6.45) is 0. The number of hydrogen-bond donors (Lipinski definition) is 1. The zero-order valence-electron chi connectivity index (χ0n) is 9.89. The molecule has 18 heavy (non-hydrogen) atoms. The van der Waals surface area contributed by atoms with Gasteiger partial charge in [-0.15, -0.1) is 11.3 Å². The Hall–Kier alpha value is -1.33. The minimum atomic E-state index is -0.000442. The number of halogens is 1. The molecule has 0 saturated heterocycles. The fraction of sp³-hybridized carbons (Fsp3) is 0.154. The number of benzene rings is 1. The summed E-state index contributed by atoms with van der Waals surface area (Å²) in [6, 6.07) is 9.00. The number of rotatable bonds is 3. The van der Waals surface area contributed by atoms with Crippen molar-refractivity contribution in [3.63, 3.8) is 0 Å². The third-order valence-corrected chi connectivity index (χ3v) is 4.20. The van der Waals surface area contributed by atoms with Gasteiger partial charge in [-0.05, 0) is 46.3 Å². The number of nitrogen functional groups attached to an aromatic ring is 1. The maximum absolute atomic E-state index is 12.1. The van der Waals surface area contributed by atoms with Gasteiger partial charge in [0.2, 0.25) is 0 Å². The lowest BCUT2D eigenvalue weighted by atomic mass is 10.2. The van der Waals surface area contributed by atoms with Gasteiger partial charge < -0.3 is 10.6 Å². The largest absolute Gasteiger partial charge is 0.399 e. The van der Waals surface area contributed by atoms with Gasteiger partial charge in [-0.25, -0.2) is 0 Å². The number of anilines is 1. The number of thiophene rings is 1. The SMILES string of the molecule is CN(Cc1cc(Br)cs1)C(=O)c1ccc(N)cc1. The van der Waals surface area contributed by atoms with Crippen molar-refractivity contribution in [2.45, 2.75) is 6.54 Å². The summed E-state index contributed by atoms with van der Waals surface area (Å²) < 4.78 is 1.05. The first-order chi connectivity index (χ1) is 8.56. The van der Waals surface area contributed by atoms with Gasteiger partial charge in [-0.3, -0.25) is 4.79 Å². The van der Waals surface area contributed by atoms with Crippen LogP contribution in [0, 0.1) is 0 Å². The molecule has 5 heteroatoms. The van der Waals surface area contributed by atoms with E-state index in [1.807, 2.05) is 11.4 Å². The summed E-state index contributed by atoms with van der Waals surface area (Å²) in [7, 11) is 1.80. The van der Waals surface area contributed by atoms with Crippen molar-refractivity contribution in [1.29, 1.82) is 0 Å². The maximum Gasteiger partial charge on any atom is 0.253 e. The summed E-state index contributed by atoms with van der Waals surface area (Å²) in [5.41, 5.74) is 6.92. The molecule has 2 N–H and O–H groups in total. The van der Waals surface area contributed by atoms with Crippen LogP contribution in [0.25, 0.3) is 0 Å². The molecule has 0 aliphatic carbocycles. The molecular formula is C13H13BrN2OS. The van der Waals surface area contributed by atoms with Gasteiger partial charge >= 0.3 is 0 Å². The fourth-order valence-electron chi connectivity index (χ4n) is 1.59. The minimum absolute atomic E-state index is 0.000442. The Morgan fingerprint density at radius 2 is 2.06 bits per heavy atom. The standard InChI is InChI=1S/C13H13BrN2OS/c1-16(7-12-6-10(14)8-18-12)13(17)9-2-4-11(15)5-3-9/h2-6,8H,7,15H2,1H3. The van der Waals surface area contributed by atoms with E-state index in [1.54, 1.807) is 47.5 Å². The van der Waals surface area contributed by atoms with E-state index in [9.17, 15) is 4.79 Å². The highest BCUT2D eigenvalue weighted by Crippen LogP contribution is 2.21. The zero-order valence-corrected chi connectivity index (χ0v) is 12.3. The van der Waals surface area contributed by atoms with Gasteiger partial charge in [-0.2, -0.15) is 0 Å². The molecule has 0 aliphatic rings. The summed E-state index contributed by atoms with van der Waals surface area (Å²) in [4.78, 5) is 15.0. The lowest BCUT2D eigenvalue weighted by molar-refractivity contribution is 0.0786. The molecule has 1 amide bonds. The van der Waals surface area contributed by atoms with Crippen LogP contribution >= 0.6 is 27.3 Å². The summed E-state index contributed by atoms with van der Waals surface area (Å²) in [6.45, 7) is 0.611. The van der Waals surface area contributed by atoms with Crippen LogP contribution in [0.5, 0.6) is 0 Å². The number of carbonyl (C=O) groups is 1. The normalized spacial score (nSPS) is 10.3. The van der Waals surface area contributed by atoms with Crippen molar-refractivity contribution < 1.29 is 4.79 Å². The lowest BCUT2D eigenvalue weighted by Crippen LogP contribution is -2.25. The van der Waals surface area contributed by atoms with E-state index >= 15 is 0 Å². The summed E-state index contributed by atoms with van der Waals surface area (Å²) in [5, 5.41) is 2.01. The molecule has 1 aromatic carbocycles. The Bertz CT molecular complexity index is 550. The van der Waals surface area contributed by atoms with Gasteiger partial charge in [0, 0.05) is 33.0 Å². The minimum Gasteiger partial charge on any atom is -0.399 e.